The molecule has 1 aromatic carbocycles. The molecule has 2 rings (SSSR count). The first-order valence-electron chi connectivity index (χ1n) is 5.01. The number of nitrogens with zero attached hydrogens (tertiary/aromatic N) is 3. The van der Waals surface area contributed by atoms with Crippen molar-refractivity contribution in [3.63, 3.8) is 0 Å². The molecule has 4 nitrogen and oxygen atoms in total. The quantitative estimate of drug-likeness (QED) is 0.809. The van der Waals surface area contributed by atoms with Gasteiger partial charge in [0.15, 0.2) is 5.16 Å². The largest absolute Gasteiger partial charge is 0.467 e. The van der Waals surface area contributed by atoms with Gasteiger partial charge in [-0.3, -0.25) is 0 Å². The maximum Gasteiger partial charge on any atom is 0.321 e. The molecule has 2 aromatic rings. The summed E-state index contributed by atoms with van der Waals surface area (Å²) >= 11 is 13.2. The fourth-order valence-corrected chi connectivity index (χ4v) is 2.54. The van der Waals surface area contributed by atoms with Crippen molar-refractivity contribution in [3.8, 4) is 6.01 Å². The number of hydrogen-bond acceptors (Lipinski definition) is 5. The summed E-state index contributed by atoms with van der Waals surface area (Å²) < 4.78 is 4.93. The zero-order valence-electron chi connectivity index (χ0n) is 9.43. The smallest absolute Gasteiger partial charge is 0.321 e. The Morgan fingerprint density at radius 1 is 1.17 bits per heavy atom. The molecule has 0 saturated heterocycles. The van der Waals surface area contributed by atoms with E-state index in [1.165, 1.54) is 18.9 Å². The van der Waals surface area contributed by atoms with E-state index in [9.17, 15) is 0 Å². The Kier molecular flexibility index (Phi) is 4.63. The topological polar surface area (TPSA) is 47.9 Å². The summed E-state index contributed by atoms with van der Waals surface area (Å²) in [6, 6.07) is 7.83. The number of benzene rings is 1. The van der Waals surface area contributed by atoms with Crippen LogP contribution < -0.4 is 4.74 Å². The highest BCUT2D eigenvalue weighted by Crippen LogP contribution is 2.25. The lowest BCUT2D eigenvalue weighted by atomic mass is 10.2. The van der Waals surface area contributed by atoms with Crippen molar-refractivity contribution < 1.29 is 4.74 Å². The van der Waals surface area contributed by atoms with Crippen LogP contribution in [0, 0.1) is 0 Å². The molecule has 0 amide bonds. The zero-order chi connectivity index (χ0) is 13.0. The molecule has 0 spiro atoms. The molecule has 0 aliphatic carbocycles. The van der Waals surface area contributed by atoms with E-state index in [1.807, 2.05) is 24.3 Å². The van der Waals surface area contributed by atoms with Crippen molar-refractivity contribution in [1.29, 1.82) is 0 Å². The fourth-order valence-electron chi connectivity index (χ4n) is 1.23. The van der Waals surface area contributed by atoms with E-state index in [2.05, 4.69) is 15.0 Å². The third-order valence-electron chi connectivity index (χ3n) is 2.06. The lowest BCUT2D eigenvalue weighted by Crippen LogP contribution is -1.97. The molecule has 1 aromatic heterocycles. The summed E-state index contributed by atoms with van der Waals surface area (Å²) in [5, 5.41) is 1.34. The van der Waals surface area contributed by atoms with E-state index in [-0.39, 0.29) is 11.3 Å². The molecular formula is C11H9Cl2N3OS. The van der Waals surface area contributed by atoms with Crippen molar-refractivity contribution in [2.75, 3.05) is 7.11 Å². The van der Waals surface area contributed by atoms with Crippen LogP contribution in [0.2, 0.25) is 10.3 Å². The van der Waals surface area contributed by atoms with Crippen LogP contribution in [-0.2, 0) is 5.75 Å². The highest BCUT2D eigenvalue weighted by atomic mass is 35.5. The Bertz CT molecular complexity index is 554. The number of hydrogen-bond donors (Lipinski definition) is 0. The van der Waals surface area contributed by atoms with Gasteiger partial charge < -0.3 is 4.74 Å². The van der Waals surface area contributed by atoms with Gasteiger partial charge >= 0.3 is 6.01 Å². The summed E-state index contributed by atoms with van der Waals surface area (Å²) in [4.78, 5) is 11.9. The second kappa shape index (κ2) is 6.22. The van der Waals surface area contributed by atoms with Gasteiger partial charge in [0.25, 0.3) is 0 Å². The van der Waals surface area contributed by atoms with Gasteiger partial charge in [-0.15, -0.1) is 0 Å². The SMILES string of the molecule is COc1nc(Cl)nc(SCc2ccccc2Cl)n1. The average Bonchev–Trinajstić information content (AvgIpc) is 2.37. The summed E-state index contributed by atoms with van der Waals surface area (Å²) in [5.74, 6) is 0.656. The summed E-state index contributed by atoms with van der Waals surface area (Å²) in [6.45, 7) is 0. The molecule has 0 radical (unpaired) electrons. The molecule has 94 valence electrons. The maximum absolute atomic E-state index is 6.06. The van der Waals surface area contributed by atoms with Crippen LogP contribution in [0.15, 0.2) is 29.4 Å². The maximum atomic E-state index is 6.06. The highest BCUT2D eigenvalue weighted by Gasteiger charge is 2.07. The molecule has 0 N–H and O–H groups in total. The Hall–Kier alpha value is -1.04. The molecule has 0 aliphatic rings. The average molecular weight is 302 g/mol. The van der Waals surface area contributed by atoms with Crippen molar-refractivity contribution in [1.82, 2.24) is 15.0 Å². The number of ether oxygens (including phenoxy) is 1. The van der Waals surface area contributed by atoms with Gasteiger partial charge in [0, 0.05) is 10.8 Å². The first kappa shape index (κ1) is 13.4. The second-order valence-electron chi connectivity index (χ2n) is 3.25. The van der Waals surface area contributed by atoms with Gasteiger partial charge in [-0.2, -0.15) is 15.0 Å². The van der Waals surface area contributed by atoms with Crippen LogP contribution in [0.4, 0.5) is 0 Å². The van der Waals surface area contributed by atoms with Gasteiger partial charge in [0.05, 0.1) is 7.11 Å². The molecule has 0 unspecified atom stereocenters. The summed E-state index contributed by atoms with van der Waals surface area (Å²) in [5.41, 5.74) is 1.01. The van der Waals surface area contributed by atoms with Crippen molar-refractivity contribution in [3.05, 3.63) is 40.1 Å². The first-order chi connectivity index (χ1) is 8.69. The standard InChI is InChI=1S/C11H9Cl2N3OS/c1-17-10-14-9(13)15-11(16-10)18-6-7-4-2-3-5-8(7)12/h2-5H,6H2,1H3. The van der Waals surface area contributed by atoms with E-state index in [4.69, 9.17) is 27.9 Å². The molecule has 0 atom stereocenters. The molecular weight excluding hydrogens is 293 g/mol. The minimum Gasteiger partial charge on any atom is -0.467 e. The lowest BCUT2D eigenvalue weighted by molar-refractivity contribution is 0.373. The van der Waals surface area contributed by atoms with Crippen molar-refractivity contribution in [2.45, 2.75) is 10.9 Å². The molecule has 0 fully saturated rings. The van der Waals surface area contributed by atoms with E-state index < -0.39 is 0 Å². The number of rotatable bonds is 4. The van der Waals surface area contributed by atoms with Gasteiger partial charge in [-0.1, -0.05) is 41.6 Å². The molecule has 7 heteroatoms. The minimum absolute atomic E-state index is 0.114. The van der Waals surface area contributed by atoms with Gasteiger partial charge in [-0.25, -0.2) is 0 Å². The minimum atomic E-state index is 0.114. The van der Waals surface area contributed by atoms with Gasteiger partial charge in [0.1, 0.15) is 0 Å². The van der Waals surface area contributed by atoms with Gasteiger partial charge in [0.2, 0.25) is 5.28 Å². The van der Waals surface area contributed by atoms with Gasteiger partial charge in [-0.05, 0) is 23.2 Å². The summed E-state index contributed by atoms with van der Waals surface area (Å²) in [7, 11) is 1.48. The van der Waals surface area contributed by atoms with E-state index in [0.29, 0.717) is 10.9 Å². The Morgan fingerprint density at radius 3 is 2.67 bits per heavy atom. The molecule has 1 heterocycles. The number of methoxy groups -OCH3 is 1. The molecule has 18 heavy (non-hydrogen) atoms. The zero-order valence-corrected chi connectivity index (χ0v) is 11.8. The van der Waals surface area contributed by atoms with Crippen molar-refractivity contribution in [2.24, 2.45) is 0 Å². The normalized spacial score (nSPS) is 10.4. The van der Waals surface area contributed by atoms with Crippen LogP contribution in [0.5, 0.6) is 6.01 Å². The summed E-state index contributed by atoms with van der Waals surface area (Å²) in [6.07, 6.45) is 0. The monoisotopic (exact) mass is 301 g/mol. The lowest BCUT2D eigenvalue weighted by Gasteiger charge is -2.04. The molecule has 0 bridgehead atoms. The van der Waals surface area contributed by atoms with Crippen LogP contribution in [0.1, 0.15) is 5.56 Å². The van der Waals surface area contributed by atoms with Crippen LogP contribution in [0.3, 0.4) is 0 Å². The van der Waals surface area contributed by atoms with Crippen molar-refractivity contribution >= 4 is 35.0 Å². The van der Waals surface area contributed by atoms with Crippen LogP contribution >= 0.6 is 35.0 Å². The number of aromatic nitrogens is 3. The first-order valence-corrected chi connectivity index (χ1v) is 6.75. The fraction of sp³-hybridized carbons (Fsp3) is 0.182. The Balaban J connectivity index is 2.11. The molecule has 0 saturated carbocycles. The van der Waals surface area contributed by atoms with E-state index in [0.717, 1.165) is 10.6 Å². The number of halogens is 2. The molecule has 0 aliphatic heterocycles. The Labute approximate surface area is 119 Å². The van der Waals surface area contributed by atoms with Crippen LogP contribution in [0.25, 0.3) is 0 Å². The third kappa shape index (κ3) is 3.48. The predicted molar refractivity (Wildman–Crippen MR) is 72.4 cm³/mol. The van der Waals surface area contributed by atoms with Crippen LogP contribution in [-0.4, -0.2) is 22.1 Å². The van der Waals surface area contributed by atoms with E-state index >= 15 is 0 Å². The predicted octanol–water partition coefficient (Wildman–Crippen LogP) is 3.48. The third-order valence-corrected chi connectivity index (χ3v) is 3.50. The second-order valence-corrected chi connectivity index (χ2v) is 4.94. The Morgan fingerprint density at radius 2 is 1.94 bits per heavy atom. The van der Waals surface area contributed by atoms with E-state index in [1.54, 1.807) is 0 Å². The highest BCUT2D eigenvalue weighted by molar-refractivity contribution is 7.98. The number of thioether (sulfide) groups is 1.